The lowest BCUT2D eigenvalue weighted by Crippen LogP contribution is -2.47. The largest absolute Gasteiger partial charge is 0.398 e. The quantitative estimate of drug-likeness (QED) is 0.807. The predicted octanol–water partition coefficient (Wildman–Crippen LogP) is 3.37. The number of carbonyl (C=O) groups is 1. The molecule has 0 saturated heterocycles. The zero-order valence-electron chi connectivity index (χ0n) is 10.6. The number of nitrogen functional groups attached to an aromatic ring is 1. The van der Waals surface area contributed by atoms with Crippen LogP contribution < -0.4 is 11.1 Å². The summed E-state index contributed by atoms with van der Waals surface area (Å²) in [5.41, 5.74) is 6.65. The van der Waals surface area contributed by atoms with Gasteiger partial charge in [0.2, 0.25) is 0 Å². The summed E-state index contributed by atoms with van der Waals surface area (Å²) >= 11 is 5.90. The molecule has 2 rings (SSSR count). The molecular weight excluding hydrogens is 248 g/mol. The van der Waals surface area contributed by atoms with Crippen LogP contribution in [0.2, 0.25) is 5.02 Å². The first-order valence-electron chi connectivity index (χ1n) is 6.38. The maximum Gasteiger partial charge on any atom is 0.253 e. The van der Waals surface area contributed by atoms with Gasteiger partial charge < -0.3 is 11.1 Å². The number of rotatable bonds is 2. The molecule has 0 unspecified atom stereocenters. The summed E-state index contributed by atoms with van der Waals surface area (Å²) in [7, 11) is 0. The summed E-state index contributed by atoms with van der Waals surface area (Å²) in [4.78, 5) is 12.2. The lowest BCUT2D eigenvalue weighted by atomic mass is 9.83. The highest BCUT2D eigenvalue weighted by Gasteiger charge is 2.29. The fraction of sp³-hybridized carbons (Fsp3) is 0.500. The molecule has 0 aliphatic heterocycles. The summed E-state index contributed by atoms with van der Waals surface area (Å²) in [5, 5.41) is 3.63. The van der Waals surface area contributed by atoms with Gasteiger partial charge in [-0.3, -0.25) is 4.79 Å². The van der Waals surface area contributed by atoms with Crippen molar-refractivity contribution in [2.45, 2.75) is 44.6 Å². The van der Waals surface area contributed by atoms with Crippen molar-refractivity contribution >= 4 is 23.2 Å². The second kappa shape index (κ2) is 5.19. The predicted molar refractivity (Wildman–Crippen MR) is 74.8 cm³/mol. The molecule has 0 radical (unpaired) electrons. The van der Waals surface area contributed by atoms with Crippen LogP contribution in [0.15, 0.2) is 18.2 Å². The van der Waals surface area contributed by atoms with E-state index in [0.29, 0.717) is 16.3 Å². The molecule has 1 fully saturated rings. The van der Waals surface area contributed by atoms with Crippen molar-refractivity contribution in [1.29, 1.82) is 0 Å². The second-order valence-corrected chi connectivity index (χ2v) is 5.74. The highest BCUT2D eigenvalue weighted by atomic mass is 35.5. The van der Waals surface area contributed by atoms with Crippen molar-refractivity contribution in [2.24, 2.45) is 0 Å². The van der Waals surface area contributed by atoms with Gasteiger partial charge in [0.15, 0.2) is 0 Å². The monoisotopic (exact) mass is 266 g/mol. The molecule has 3 N–H and O–H groups in total. The molecule has 0 aromatic heterocycles. The number of amides is 1. The van der Waals surface area contributed by atoms with Gasteiger partial charge in [-0.15, -0.1) is 0 Å². The Morgan fingerprint density at radius 2 is 2.00 bits per heavy atom. The van der Waals surface area contributed by atoms with E-state index in [4.69, 9.17) is 17.3 Å². The van der Waals surface area contributed by atoms with Crippen LogP contribution in [0, 0.1) is 0 Å². The molecule has 0 atom stereocenters. The van der Waals surface area contributed by atoms with E-state index in [1.165, 1.54) is 19.3 Å². The summed E-state index contributed by atoms with van der Waals surface area (Å²) in [6.45, 7) is 2.10. The Balaban J connectivity index is 2.14. The van der Waals surface area contributed by atoms with E-state index < -0.39 is 0 Å². The second-order valence-electron chi connectivity index (χ2n) is 5.31. The molecular formula is C14H19ClN2O. The van der Waals surface area contributed by atoms with Crippen LogP contribution in [0.1, 0.15) is 49.4 Å². The minimum absolute atomic E-state index is 0.107. The Bertz CT molecular complexity index is 453. The Morgan fingerprint density at radius 1 is 1.33 bits per heavy atom. The Labute approximate surface area is 113 Å². The first kappa shape index (κ1) is 13.2. The van der Waals surface area contributed by atoms with Crippen LogP contribution in [0.25, 0.3) is 0 Å². The van der Waals surface area contributed by atoms with Crippen LogP contribution in [0.5, 0.6) is 0 Å². The Morgan fingerprint density at radius 3 is 2.67 bits per heavy atom. The van der Waals surface area contributed by atoms with Crippen molar-refractivity contribution in [3.63, 3.8) is 0 Å². The third-order valence-electron chi connectivity index (χ3n) is 3.63. The fourth-order valence-electron chi connectivity index (χ4n) is 2.52. The van der Waals surface area contributed by atoms with E-state index in [1.54, 1.807) is 18.2 Å². The maximum absolute atomic E-state index is 12.2. The number of anilines is 1. The molecule has 1 saturated carbocycles. The molecule has 1 aromatic rings. The Hall–Kier alpha value is -1.22. The topological polar surface area (TPSA) is 55.1 Å². The molecule has 0 bridgehead atoms. The third-order valence-corrected chi connectivity index (χ3v) is 3.87. The highest BCUT2D eigenvalue weighted by Crippen LogP contribution is 2.28. The number of hydrogen-bond donors (Lipinski definition) is 2. The lowest BCUT2D eigenvalue weighted by Gasteiger charge is -2.34. The van der Waals surface area contributed by atoms with Gasteiger partial charge in [0.05, 0.1) is 5.56 Å². The first-order valence-corrected chi connectivity index (χ1v) is 6.75. The number of nitrogens with two attached hydrogens (primary N) is 1. The molecule has 3 nitrogen and oxygen atoms in total. The summed E-state index contributed by atoms with van der Waals surface area (Å²) in [6, 6.07) is 4.98. The number of hydrogen-bond acceptors (Lipinski definition) is 2. The summed E-state index contributed by atoms with van der Waals surface area (Å²) in [5.74, 6) is -0.126. The number of nitrogens with one attached hydrogen (secondary N) is 1. The molecule has 1 aliphatic carbocycles. The normalized spacial score (nSPS) is 18.3. The maximum atomic E-state index is 12.2. The van der Waals surface area contributed by atoms with E-state index in [-0.39, 0.29) is 11.4 Å². The number of carbonyl (C=O) groups excluding carboxylic acids is 1. The summed E-state index contributed by atoms with van der Waals surface area (Å²) < 4.78 is 0. The van der Waals surface area contributed by atoms with Gasteiger partial charge in [-0.25, -0.2) is 0 Å². The van der Waals surface area contributed by atoms with Crippen LogP contribution in [0.3, 0.4) is 0 Å². The van der Waals surface area contributed by atoms with Gasteiger partial charge in [-0.1, -0.05) is 30.9 Å². The van der Waals surface area contributed by atoms with Gasteiger partial charge in [0, 0.05) is 16.2 Å². The zero-order valence-corrected chi connectivity index (χ0v) is 11.4. The molecule has 18 heavy (non-hydrogen) atoms. The van der Waals surface area contributed by atoms with Crippen molar-refractivity contribution in [3.05, 3.63) is 28.8 Å². The summed E-state index contributed by atoms with van der Waals surface area (Å²) in [6.07, 6.45) is 5.65. The van der Waals surface area contributed by atoms with Crippen molar-refractivity contribution < 1.29 is 4.79 Å². The fourth-order valence-corrected chi connectivity index (χ4v) is 2.70. The van der Waals surface area contributed by atoms with Gasteiger partial charge in [0.25, 0.3) is 5.91 Å². The average Bonchev–Trinajstić information content (AvgIpc) is 2.32. The lowest BCUT2D eigenvalue weighted by molar-refractivity contribution is 0.0883. The number of halogens is 1. The van der Waals surface area contributed by atoms with Crippen LogP contribution >= 0.6 is 11.6 Å². The van der Waals surface area contributed by atoms with Gasteiger partial charge in [-0.05, 0) is 38.0 Å². The minimum Gasteiger partial charge on any atom is -0.398 e. The van der Waals surface area contributed by atoms with E-state index in [2.05, 4.69) is 12.2 Å². The third kappa shape index (κ3) is 2.96. The minimum atomic E-state index is -0.126. The molecule has 1 amide bonds. The zero-order chi connectivity index (χ0) is 13.2. The number of benzene rings is 1. The SMILES string of the molecule is CC1(NC(=O)c2cc(Cl)ccc2N)CCCCC1. The van der Waals surface area contributed by atoms with Crippen molar-refractivity contribution in [1.82, 2.24) is 5.32 Å². The van der Waals surface area contributed by atoms with E-state index in [9.17, 15) is 4.79 Å². The smallest absolute Gasteiger partial charge is 0.253 e. The molecule has 1 aliphatic rings. The van der Waals surface area contributed by atoms with Gasteiger partial charge >= 0.3 is 0 Å². The molecule has 4 heteroatoms. The first-order chi connectivity index (χ1) is 8.50. The van der Waals surface area contributed by atoms with Crippen molar-refractivity contribution in [2.75, 3.05) is 5.73 Å². The molecule has 1 aromatic carbocycles. The molecule has 0 spiro atoms. The standard InChI is InChI=1S/C14H19ClN2O/c1-14(7-3-2-4-8-14)17-13(18)11-9-10(15)5-6-12(11)16/h5-6,9H,2-4,7-8,16H2,1H3,(H,17,18). The van der Waals surface area contributed by atoms with Crippen molar-refractivity contribution in [3.8, 4) is 0 Å². The van der Waals surface area contributed by atoms with Gasteiger partial charge in [0.1, 0.15) is 0 Å². The molecule has 98 valence electrons. The van der Waals surface area contributed by atoms with E-state index in [0.717, 1.165) is 12.8 Å². The van der Waals surface area contributed by atoms with Crippen LogP contribution in [-0.2, 0) is 0 Å². The van der Waals surface area contributed by atoms with E-state index >= 15 is 0 Å². The van der Waals surface area contributed by atoms with Gasteiger partial charge in [-0.2, -0.15) is 0 Å². The highest BCUT2D eigenvalue weighted by molar-refractivity contribution is 6.31. The molecule has 0 heterocycles. The average molecular weight is 267 g/mol. The Kier molecular flexibility index (Phi) is 3.81. The van der Waals surface area contributed by atoms with E-state index in [1.807, 2.05) is 0 Å². The van der Waals surface area contributed by atoms with Crippen LogP contribution in [0.4, 0.5) is 5.69 Å². The van der Waals surface area contributed by atoms with Crippen LogP contribution in [-0.4, -0.2) is 11.4 Å².